The normalized spacial score (nSPS) is 18.9. The van der Waals surface area contributed by atoms with Crippen LogP contribution in [0.2, 0.25) is 0 Å². The lowest BCUT2D eigenvalue weighted by Gasteiger charge is -2.40. The Kier molecular flexibility index (Phi) is 46.2. The van der Waals surface area contributed by atoms with Crippen molar-refractivity contribution in [1.29, 1.82) is 0 Å². The molecule has 12 nitrogen and oxygen atoms in total. The number of carboxylic acid groups (broad SMARTS) is 1. The van der Waals surface area contributed by atoms with Crippen molar-refractivity contribution in [1.82, 2.24) is 0 Å². The van der Waals surface area contributed by atoms with Crippen molar-refractivity contribution in [3.05, 3.63) is 97.2 Å². The van der Waals surface area contributed by atoms with Crippen LogP contribution in [0.15, 0.2) is 97.2 Å². The number of rotatable bonds is 48. The molecule has 1 rings (SSSR count). The van der Waals surface area contributed by atoms with Crippen LogP contribution in [0, 0.1) is 0 Å². The predicted octanol–water partition coefficient (Wildman–Crippen LogP) is 14.9. The Labute approximate surface area is 453 Å². The molecule has 0 bridgehead atoms. The lowest BCUT2D eigenvalue weighted by molar-refractivity contribution is -0.301. The van der Waals surface area contributed by atoms with Gasteiger partial charge in [-0.2, -0.15) is 0 Å². The summed E-state index contributed by atoms with van der Waals surface area (Å²) >= 11 is 0. The van der Waals surface area contributed by atoms with Crippen molar-refractivity contribution in [3.63, 3.8) is 0 Å². The lowest BCUT2D eigenvalue weighted by Crippen LogP contribution is -2.61. The molecule has 1 aliphatic heterocycles. The first-order valence-electron chi connectivity index (χ1n) is 29.2. The minimum Gasteiger partial charge on any atom is -0.479 e. The van der Waals surface area contributed by atoms with Crippen molar-refractivity contribution in [2.75, 3.05) is 13.2 Å². The summed E-state index contributed by atoms with van der Waals surface area (Å²) in [6.07, 6.45) is 54.3. The summed E-state index contributed by atoms with van der Waals surface area (Å²) in [5, 5.41) is 31.4. The Morgan fingerprint density at radius 2 is 0.840 bits per heavy atom. The Morgan fingerprint density at radius 3 is 1.25 bits per heavy atom. The van der Waals surface area contributed by atoms with E-state index in [1.54, 1.807) is 0 Å². The Morgan fingerprint density at radius 1 is 0.453 bits per heavy atom. The molecule has 0 aromatic heterocycles. The summed E-state index contributed by atoms with van der Waals surface area (Å²) in [7, 11) is 0. The molecule has 1 heterocycles. The van der Waals surface area contributed by atoms with Gasteiger partial charge in [0, 0.05) is 19.3 Å². The van der Waals surface area contributed by atoms with Crippen LogP contribution >= 0.6 is 0 Å². The highest BCUT2D eigenvalue weighted by molar-refractivity contribution is 5.74. The largest absolute Gasteiger partial charge is 0.479 e. The van der Waals surface area contributed by atoms with Crippen molar-refractivity contribution in [2.24, 2.45) is 0 Å². The average Bonchev–Trinajstić information content (AvgIpc) is 3.39. The van der Waals surface area contributed by atoms with Gasteiger partial charge < -0.3 is 39.0 Å². The van der Waals surface area contributed by atoms with E-state index >= 15 is 0 Å². The van der Waals surface area contributed by atoms with Gasteiger partial charge in [-0.15, -0.1) is 0 Å². The van der Waals surface area contributed by atoms with E-state index in [2.05, 4.69) is 87.6 Å². The molecule has 0 aromatic rings. The fourth-order valence-corrected chi connectivity index (χ4v) is 8.28. The number of hydrogen-bond acceptors (Lipinski definition) is 11. The maximum Gasteiger partial charge on any atom is 0.335 e. The highest BCUT2D eigenvalue weighted by atomic mass is 16.7. The second kappa shape index (κ2) is 50.5. The molecule has 1 saturated heterocycles. The molecule has 0 aliphatic carbocycles. The van der Waals surface area contributed by atoms with E-state index in [-0.39, 0.29) is 25.9 Å². The first kappa shape index (κ1) is 68.7. The lowest BCUT2D eigenvalue weighted by atomic mass is 9.98. The highest BCUT2D eigenvalue weighted by Crippen LogP contribution is 2.26. The van der Waals surface area contributed by atoms with Crippen LogP contribution in [0.1, 0.15) is 226 Å². The Hall–Kier alpha value is -4.36. The molecule has 1 fully saturated rings. The number of esters is 3. The zero-order valence-corrected chi connectivity index (χ0v) is 46.8. The topological polar surface area (TPSA) is 175 Å². The third-order valence-electron chi connectivity index (χ3n) is 12.7. The second-order valence-corrected chi connectivity index (χ2v) is 19.5. The van der Waals surface area contributed by atoms with E-state index in [9.17, 15) is 34.5 Å². The van der Waals surface area contributed by atoms with Gasteiger partial charge in [-0.1, -0.05) is 234 Å². The Bertz CT molecular complexity index is 1670. The Balaban J connectivity index is 2.73. The molecule has 0 aromatic carbocycles. The van der Waals surface area contributed by atoms with Crippen LogP contribution in [0.25, 0.3) is 0 Å². The van der Waals surface area contributed by atoms with Gasteiger partial charge in [-0.05, 0) is 70.6 Å². The number of allylic oxidation sites excluding steroid dienone is 16. The molecule has 0 saturated carbocycles. The number of unbranched alkanes of at least 4 members (excludes halogenated alkanes) is 18. The zero-order chi connectivity index (χ0) is 54.7. The quantitative estimate of drug-likeness (QED) is 0.0228. The van der Waals surface area contributed by atoms with Gasteiger partial charge in [0.15, 0.2) is 24.6 Å². The van der Waals surface area contributed by atoms with Crippen LogP contribution < -0.4 is 0 Å². The molecule has 6 unspecified atom stereocenters. The summed E-state index contributed by atoms with van der Waals surface area (Å²) in [5.41, 5.74) is 0. The SMILES string of the molecule is CC/C=C\C/C=C\C/C=C\C/C=C\CCC(=O)OC(COC(=O)CCCCCCCCCCCCCCCCCCCCC)COC1OC(C(=O)O)C(O)C(O)C1OC(=O)CC/C=C\C/C=C\C/C=C\C/C=C\CC. The molecular formula is C63H102O12. The molecule has 0 spiro atoms. The van der Waals surface area contributed by atoms with E-state index in [1.165, 1.54) is 96.3 Å². The third-order valence-corrected chi connectivity index (χ3v) is 12.7. The van der Waals surface area contributed by atoms with E-state index in [0.29, 0.717) is 32.1 Å². The molecule has 6 atom stereocenters. The summed E-state index contributed by atoms with van der Waals surface area (Å²) in [6, 6.07) is 0. The number of carboxylic acids is 1. The van der Waals surface area contributed by atoms with Crippen LogP contribution in [-0.2, 0) is 42.9 Å². The van der Waals surface area contributed by atoms with Gasteiger partial charge in [-0.25, -0.2) is 4.79 Å². The number of carbonyl (C=O) groups is 4. The maximum atomic E-state index is 13.1. The van der Waals surface area contributed by atoms with Gasteiger partial charge in [0.05, 0.1) is 6.61 Å². The standard InChI is InChI=1S/C63H102O12/c1-4-7-10-13-16-19-22-25-26-27-28-29-30-33-34-37-40-43-46-49-55(64)71-52-54(73-56(65)50-47-44-41-38-35-31-23-20-17-14-11-8-5-2)53-72-63-61(59(68)58(67)60(75-63)62(69)70)74-57(66)51-48-45-42-39-36-32-24-21-18-15-12-9-6-3/h8-9,11-12,17-18,20-21,31-32,35-36,41-42,44-45,54,58-61,63,67-68H,4-7,10,13-16,19,22-30,33-34,37-40,43,46-53H2,1-3H3,(H,69,70)/b11-8-,12-9-,20-17-,21-18-,35-31-,36-32-,44-41-,45-42-. The molecule has 1 aliphatic rings. The number of carbonyl (C=O) groups excluding carboxylic acids is 3. The molecular weight excluding hydrogens is 949 g/mol. The molecule has 426 valence electrons. The smallest absolute Gasteiger partial charge is 0.335 e. The fraction of sp³-hybridized carbons (Fsp3) is 0.683. The molecule has 3 N–H and O–H groups in total. The van der Waals surface area contributed by atoms with Crippen LogP contribution in [-0.4, -0.2) is 89.2 Å². The summed E-state index contributed by atoms with van der Waals surface area (Å²) in [6.45, 7) is 5.66. The van der Waals surface area contributed by atoms with Crippen LogP contribution in [0.3, 0.4) is 0 Å². The van der Waals surface area contributed by atoms with Crippen molar-refractivity contribution in [2.45, 2.75) is 263 Å². The van der Waals surface area contributed by atoms with Gasteiger partial charge in [-0.3, -0.25) is 14.4 Å². The van der Waals surface area contributed by atoms with Crippen molar-refractivity contribution >= 4 is 23.9 Å². The van der Waals surface area contributed by atoms with Gasteiger partial charge >= 0.3 is 23.9 Å². The van der Waals surface area contributed by atoms with Gasteiger partial charge in [0.1, 0.15) is 18.8 Å². The number of hydrogen-bond donors (Lipinski definition) is 3. The fourth-order valence-electron chi connectivity index (χ4n) is 8.28. The molecule has 0 radical (unpaired) electrons. The first-order valence-corrected chi connectivity index (χ1v) is 29.2. The van der Waals surface area contributed by atoms with Crippen molar-refractivity contribution in [3.8, 4) is 0 Å². The minimum absolute atomic E-state index is 0.0312. The van der Waals surface area contributed by atoms with E-state index < -0.39 is 67.3 Å². The van der Waals surface area contributed by atoms with Gasteiger partial charge in [0.2, 0.25) is 0 Å². The van der Waals surface area contributed by atoms with Crippen LogP contribution in [0.4, 0.5) is 0 Å². The predicted molar refractivity (Wildman–Crippen MR) is 303 cm³/mol. The average molecular weight is 1050 g/mol. The van der Waals surface area contributed by atoms with E-state index in [4.69, 9.17) is 23.7 Å². The first-order chi connectivity index (χ1) is 36.6. The van der Waals surface area contributed by atoms with Crippen LogP contribution in [0.5, 0.6) is 0 Å². The summed E-state index contributed by atoms with van der Waals surface area (Å²) < 4.78 is 28.2. The van der Waals surface area contributed by atoms with E-state index in [1.807, 2.05) is 30.4 Å². The van der Waals surface area contributed by atoms with Gasteiger partial charge in [0.25, 0.3) is 0 Å². The third kappa shape index (κ3) is 40.6. The second-order valence-electron chi connectivity index (χ2n) is 19.5. The number of aliphatic hydroxyl groups is 2. The maximum absolute atomic E-state index is 13.1. The highest BCUT2D eigenvalue weighted by Gasteiger charge is 2.50. The number of ether oxygens (including phenoxy) is 5. The number of aliphatic hydroxyl groups excluding tert-OH is 2. The monoisotopic (exact) mass is 1050 g/mol. The van der Waals surface area contributed by atoms with Crippen molar-refractivity contribution < 1.29 is 58.2 Å². The molecule has 75 heavy (non-hydrogen) atoms. The molecule has 0 amide bonds. The summed E-state index contributed by atoms with van der Waals surface area (Å²) in [4.78, 5) is 51.0. The van der Waals surface area contributed by atoms with E-state index in [0.717, 1.165) is 57.8 Å². The number of aliphatic carboxylic acids is 1. The molecule has 12 heteroatoms. The summed E-state index contributed by atoms with van der Waals surface area (Å²) in [5.74, 6) is -3.34. The zero-order valence-electron chi connectivity index (χ0n) is 46.8. The minimum atomic E-state index is -1.94.